The van der Waals surface area contributed by atoms with Gasteiger partial charge in [-0.25, -0.2) is 4.39 Å². The van der Waals surface area contributed by atoms with Gasteiger partial charge in [0.15, 0.2) is 0 Å². The first kappa shape index (κ1) is 21.7. The minimum absolute atomic E-state index is 0.180. The van der Waals surface area contributed by atoms with E-state index in [1.165, 1.54) is 12.1 Å². The van der Waals surface area contributed by atoms with Crippen molar-refractivity contribution in [3.05, 3.63) is 89.2 Å². The minimum Gasteiger partial charge on any atom is -0.439 e. The number of hydrogen-bond donors (Lipinski definition) is 1. The molecule has 0 aliphatic carbocycles. The van der Waals surface area contributed by atoms with E-state index < -0.39 is 5.82 Å². The molecule has 0 bridgehead atoms. The van der Waals surface area contributed by atoms with E-state index in [0.717, 1.165) is 16.8 Å². The van der Waals surface area contributed by atoms with E-state index in [4.69, 9.17) is 4.74 Å². The van der Waals surface area contributed by atoms with Crippen molar-refractivity contribution < 1.29 is 13.9 Å². The Hall–Kier alpha value is -4.15. The molecule has 2 heterocycles. The number of hydrogen-bond acceptors (Lipinski definition) is 4. The van der Waals surface area contributed by atoms with Gasteiger partial charge in [0.2, 0.25) is 5.88 Å². The van der Waals surface area contributed by atoms with Gasteiger partial charge in [0.1, 0.15) is 17.1 Å². The van der Waals surface area contributed by atoms with Gasteiger partial charge in [-0.1, -0.05) is 24.3 Å². The molecule has 170 valence electrons. The lowest BCUT2D eigenvalue weighted by Gasteiger charge is -2.27. The maximum Gasteiger partial charge on any atom is 0.260 e. The molecule has 0 saturated carbocycles. The van der Waals surface area contributed by atoms with E-state index in [0.29, 0.717) is 54.3 Å². The minimum atomic E-state index is -0.426. The van der Waals surface area contributed by atoms with E-state index in [1.54, 1.807) is 23.1 Å². The number of aryl methyl sites for hydroxylation is 1. The number of carbonyl (C=O) groups excluding carboxylic acids is 1. The standard InChI is InChI=1S/C27H23FN4O2/c1-18-7-9-20(28)16-24(18)34-27-25(26(33)31-13-11-30-12-14-31)22-15-19(17-29)8-10-23(22)32(27)21-5-3-2-4-6-21/h2-10,15-16,30H,11-14H2,1H3. The maximum absolute atomic E-state index is 14.1. The molecule has 1 amide bonds. The average Bonchev–Trinajstić information content (AvgIpc) is 3.19. The number of rotatable bonds is 4. The van der Waals surface area contributed by atoms with Crippen LogP contribution in [0.4, 0.5) is 4.39 Å². The van der Waals surface area contributed by atoms with Crippen LogP contribution in [0.25, 0.3) is 16.6 Å². The Balaban J connectivity index is 1.81. The molecule has 34 heavy (non-hydrogen) atoms. The Bertz CT molecular complexity index is 1420. The summed E-state index contributed by atoms with van der Waals surface area (Å²) in [5.41, 5.74) is 3.07. The first-order valence-corrected chi connectivity index (χ1v) is 11.1. The molecule has 6 nitrogen and oxygen atoms in total. The van der Waals surface area contributed by atoms with E-state index in [1.807, 2.05) is 47.9 Å². The van der Waals surface area contributed by atoms with Crippen molar-refractivity contribution >= 4 is 16.8 Å². The van der Waals surface area contributed by atoms with Gasteiger partial charge in [0, 0.05) is 43.3 Å². The zero-order valence-electron chi connectivity index (χ0n) is 18.7. The Morgan fingerprint density at radius 1 is 1.06 bits per heavy atom. The largest absolute Gasteiger partial charge is 0.439 e. The van der Waals surface area contributed by atoms with Crippen LogP contribution in [0.15, 0.2) is 66.7 Å². The van der Waals surface area contributed by atoms with Crippen LogP contribution >= 0.6 is 0 Å². The van der Waals surface area contributed by atoms with Gasteiger partial charge < -0.3 is 15.0 Å². The molecule has 0 atom stereocenters. The maximum atomic E-state index is 14.1. The van der Waals surface area contributed by atoms with Crippen molar-refractivity contribution in [3.63, 3.8) is 0 Å². The summed E-state index contributed by atoms with van der Waals surface area (Å²) in [4.78, 5) is 15.7. The molecule has 1 aromatic heterocycles. The first-order chi connectivity index (χ1) is 16.6. The molecule has 1 aliphatic rings. The molecule has 1 N–H and O–H groups in total. The summed E-state index contributed by atoms with van der Waals surface area (Å²) < 4.78 is 22.3. The van der Waals surface area contributed by atoms with Gasteiger partial charge in [0.25, 0.3) is 5.91 Å². The van der Waals surface area contributed by atoms with Crippen LogP contribution in [0.1, 0.15) is 21.5 Å². The van der Waals surface area contributed by atoms with Gasteiger partial charge in [-0.15, -0.1) is 0 Å². The van der Waals surface area contributed by atoms with E-state index in [9.17, 15) is 14.4 Å². The molecular formula is C27H23FN4O2. The number of piperazine rings is 1. The van der Waals surface area contributed by atoms with Gasteiger partial charge >= 0.3 is 0 Å². The Kier molecular flexibility index (Phi) is 5.74. The third-order valence-corrected chi connectivity index (χ3v) is 6.04. The Morgan fingerprint density at radius 3 is 2.56 bits per heavy atom. The zero-order chi connectivity index (χ0) is 23.7. The van der Waals surface area contributed by atoms with Crippen molar-refractivity contribution in [2.75, 3.05) is 26.2 Å². The smallest absolute Gasteiger partial charge is 0.260 e. The quantitative estimate of drug-likeness (QED) is 0.482. The topological polar surface area (TPSA) is 70.3 Å². The zero-order valence-corrected chi connectivity index (χ0v) is 18.7. The third kappa shape index (κ3) is 3.89. The monoisotopic (exact) mass is 454 g/mol. The first-order valence-electron chi connectivity index (χ1n) is 11.1. The number of ether oxygens (including phenoxy) is 1. The average molecular weight is 455 g/mol. The predicted molar refractivity (Wildman–Crippen MR) is 128 cm³/mol. The Morgan fingerprint density at radius 2 is 1.82 bits per heavy atom. The van der Waals surface area contributed by atoms with Gasteiger partial charge in [-0.2, -0.15) is 5.26 Å². The molecule has 1 fully saturated rings. The fraction of sp³-hybridized carbons (Fsp3) is 0.185. The van der Waals surface area contributed by atoms with Crippen LogP contribution in [-0.4, -0.2) is 41.6 Å². The molecule has 3 aromatic carbocycles. The number of para-hydroxylation sites is 1. The number of nitrogens with zero attached hydrogens (tertiary/aromatic N) is 3. The molecule has 0 unspecified atom stereocenters. The molecule has 7 heteroatoms. The van der Waals surface area contributed by atoms with Crippen molar-refractivity contribution in [1.29, 1.82) is 5.26 Å². The number of aromatic nitrogens is 1. The highest BCUT2D eigenvalue weighted by molar-refractivity contribution is 6.10. The second-order valence-corrected chi connectivity index (χ2v) is 8.25. The number of fused-ring (bicyclic) bond motifs is 1. The highest BCUT2D eigenvalue weighted by Gasteiger charge is 2.30. The van der Waals surface area contributed by atoms with Crippen molar-refractivity contribution in [2.45, 2.75) is 6.92 Å². The molecule has 5 rings (SSSR count). The van der Waals surface area contributed by atoms with E-state index in [2.05, 4.69) is 11.4 Å². The third-order valence-electron chi connectivity index (χ3n) is 6.04. The molecule has 0 radical (unpaired) electrons. The fourth-order valence-corrected chi connectivity index (χ4v) is 4.29. The lowest BCUT2D eigenvalue weighted by atomic mass is 10.1. The van der Waals surface area contributed by atoms with Crippen LogP contribution in [0.2, 0.25) is 0 Å². The summed E-state index contributed by atoms with van der Waals surface area (Å²) in [7, 11) is 0. The number of benzene rings is 3. The van der Waals surface area contributed by atoms with Crippen LogP contribution < -0.4 is 10.1 Å². The fourth-order valence-electron chi connectivity index (χ4n) is 4.29. The van der Waals surface area contributed by atoms with Gasteiger partial charge in [-0.3, -0.25) is 9.36 Å². The molecular weight excluding hydrogens is 431 g/mol. The predicted octanol–water partition coefficient (Wildman–Crippen LogP) is 4.79. The molecule has 4 aromatic rings. The number of halogens is 1. The Labute approximate surface area is 196 Å². The SMILES string of the molecule is Cc1ccc(F)cc1Oc1c(C(=O)N2CCNCC2)c2cc(C#N)ccc2n1-c1ccccc1. The highest BCUT2D eigenvalue weighted by atomic mass is 19.1. The lowest BCUT2D eigenvalue weighted by molar-refractivity contribution is 0.0735. The van der Waals surface area contributed by atoms with Crippen molar-refractivity contribution in [3.8, 4) is 23.4 Å². The number of nitriles is 1. The van der Waals surface area contributed by atoms with Crippen molar-refractivity contribution in [2.24, 2.45) is 0 Å². The summed E-state index contributed by atoms with van der Waals surface area (Å²) in [6.07, 6.45) is 0. The van der Waals surface area contributed by atoms with Crippen LogP contribution in [-0.2, 0) is 0 Å². The summed E-state index contributed by atoms with van der Waals surface area (Å²) in [6, 6.07) is 21.3. The number of amides is 1. The summed E-state index contributed by atoms with van der Waals surface area (Å²) >= 11 is 0. The summed E-state index contributed by atoms with van der Waals surface area (Å²) in [6.45, 7) is 4.35. The molecule has 0 spiro atoms. The van der Waals surface area contributed by atoms with Gasteiger partial charge in [-0.05, 0) is 48.9 Å². The van der Waals surface area contributed by atoms with Crippen molar-refractivity contribution in [1.82, 2.24) is 14.8 Å². The van der Waals surface area contributed by atoms with E-state index >= 15 is 0 Å². The summed E-state index contributed by atoms with van der Waals surface area (Å²) in [5.74, 6) is 0.0217. The number of carbonyl (C=O) groups is 1. The van der Waals surface area contributed by atoms with Crippen LogP contribution in [0, 0.1) is 24.1 Å². The van der Waals surface area contributed by atoms with E-state index in [-0.39, 0.29) is 5.91 Å². The molecule has 1 aliphatic heterocycles. The van der Waals surface area contributed by atoms with Gasteiger partial charge in [0.05, 0.1) is 17.1 Å². The summed E-state index contributed by atoms with van der Waals surface area (Å²) in [5, 5.41) is 13.4. The van der Waals surface area contributed by atoms with Crippen LogP contribution in [0.5, 0.6) is 11.6 Å². The molecule has 1 saturated heterocycles. The van der Waals surface area contributed by atoms with Crippen LogP contribution in [0.3, 0.4) is 0 Å². The normalized spacial score (nSPS) is 13.6. The highest BCUT2D eigenvalue weighted by Crippen LogP contribution is 2.40. The second kappa shape index (κ2) is 9.00. The second-order valence-electron chi connectivity index (χ2n) is 8.25. The lowest BCUT2D eigenvalue weighted by Crippen LogP contribution is -2.46. The number of nitrogens with one attached hydrogen (secondary N) is 1.